The third-order valence-electron chi connectivity index (χ3n) is 3.62. The second-order valence-corrected chi connectivity index (χ2v) is 7.44. The first-order valence-electron chi connectivity index (χ1n) is 6.95. The highest BCUT2D eigenvalue weighted by Crippen LogP contribution is 2.16. The molecule has 0 aromatic heterocycles. The largest absolute Gasteiger partial charge is 0.356 e. The molecule has 0 saturated carbocycles. The predicted octanol–water partition coefficient (Wildman–Crippen LogP) is -0.825. The van der Waals surface area contributed by atoms with Gasteiger partial charge in [-0.05, 0) is 19.3 Å². The summed E-state index contributed by atoms with van der Waals surface area (Å²) in [6, 6.07) is -0.498. The summed E-state index contributed by atoms with van der Waals surface area (Å²) in [5, 5.41) is 2.78. The quantitative estimate of drug-likeness (QED) is 0.622. The lowest BCUT2D eigenvalue weighted by Gasteiger charge is -2.30. The number of urea groups is 1. The van der Waals surface area contributed by atoms with E-state index < -0.39 is 16.1 Å². The average molecular weight is 320 g/mol. The number of primary amides is 1. The van der Waals surface area contributed by atoms with Crippen molar-refractivity contribution in [1.29, 1.82) is 0 Å². The fraction of sp³-hybridized carbons (Fsp3) is 0.833. The first kappa shape index (κ1) is 17.7. The van der Waals surface area contributed by atoms with Crippen LogP contribution in [0.4, 0.5) is 4.79 Å². The summed E-state index contributed by atoms with van der Waals surface area (Å²) in [5.74, 6) is -0.346. The van der Waals surface area contributed by atoms with Gasteiger partial charge in [0.25, 0.3) is 0 Å². The second-order valence-electron chi connectivity index (χ2n) is 5.35. The first-order chi connectivity index (χ1) is 9.71. The standard InChI is InChI=1S/C12H24N4O4S/c1-15(21(2,19)20)7-4-6-14-11(17)10-5-3-8-16(9-10)12(13)18/h10H,3-9H2,1-2H3,(H2,13,18)(H,14,17). The summed E-state index contributed by atoms with van der Waals surface area (Å²) in [5.41, 5.74) is 5.22. The molecule has 1 atom stereocenters. The van der Waals surface area contributed by atoms with Crippen molar-refractivity contribution in [3.05, 3.63) is 0 Å². The van der Waals surface area contributed by atoms with Crippen LogP contribution in [0.3, 0.4) is 0 Å². The monoisotopic (exact) mass is 320 g/mol. The second kappa shape index (κ2) is 7.60. The number of hydrogen-bond acceptors (Lipinski definition) is 4. The van der Waals surface area contributed by atoms with Gasteiger partial charge in [-0.25, -0.2) is 17.5 Å². The van der Waals surface area contributed by atoms with Gasteiger partial charge in [-0.15, -0.1) is 0 Å². The zero-order chi connectivity index (χ0) is 16.0. The Bertz CT molecular complexity index is 480. The molecule has 21 heavy (non-hydrogen) atoms. The highest BCUT2D eigenvalue weighted by Gasteiger charge is 2.27. The third-order valence-corrected chi connectivity index (χ3v) is 4.93. The molecule has 0 spiro atoms. The van der Waals surface area contributed by atoms with Crippen LogP contribution in [0, 0.1) is 5.92 Å². The minimum absolute atomic E-state index is 0.108. The Kier molecular flexibility index (Phi) is 6.41. The van der Waals surface area contributed by atoms with E-state index in [2.05, 4.69) is 5.32 Å². The van der Waals surface area contributed by atoms with Crippen LogP contribution in [-0.2, 0) is 14.8 Å². The first-order valence-corrected chi connectivity index (χ1v) is 8.80. The fourth-order valence-electron chi connectivity index (χ4n) is 2.21. The van der Waals surface area contributed by atoms with Gasteiger partial charge in [-0.1, -0.05) is 0 Å². The number of piperidine rings is 1. The van der Waals surface area contributed by atoms with E-state index in [1.807, 2.05) is 0 Å². The minimum Gasteiger partial charge on any atom is -0.356 e. The summed E-state index contributed by atoms with van der Waals surface area (Å²) >= 11 is 0. The molecule has 1 fully saturated rings. The number of nitrogens with two attached hydrogens (primary N) is 1. The van der Waals surface area contributed by atoms with Gasteiger partial charge in [0, 0.05) is 33.2 Å². The zero-order valence-corrected chi connectivity index (χ0v) is 13.4. The van der Waals surface area contributed by atoms with E-state index in [0.717, 1.165) is 19.1 Å². The van der Waals surface area contributed by atoms with Crippen LogP contribution in [0.15, 0.2) is 0 Å². The molecule has 3 N–H and O–H groups in total. The maximum Gasteiger partial charge on any atom is 0.314 e. The number of nitrogens with zero attached hydrogens (tertiary/aromatic N) is 2. The van der Waals surface area contributed by atoms with E-state index in [-0.39, 0.29) is 11.8 Å². The average Bonchev–Trinajstić information content (AvgIpc) is 2.42. The van der Waals surface area contributed by atoms with Crippen molar-refractivity contribution in [2.45, 2.75) is 19.3 Å². The summed E-state index contributed by atoms with van der Waals surface area (Å²) in [4.78, 5) is 24.6. The van der Waals surface area contributed by atoms with Crippen molar-refractivity contribution in [2.24, 2.45) is 11.7 Å². The van der Waals surface area contributed by atoms with E-state index >= 15 is 0 Å². The van der Waals surface area contributed by atoms with Gasteiger partial charge < -0.3 is 16.0 Å². The summed E-state index contributed by atoms with van der Waals surface area (Å²) in [6.45, 7) is 1.71. The Labute approximate surface area is 125 Å². The topological polar surface area (TPSA) is 113 Å². The van der Waals surface area contributed by atoms with E-state index in [1.165, 1.54) is 16.3 Å². The van der Waals surface area contributed by atoms with Gasteiger partial charge >= 0.3 is 6.03 Å². The van der Waals surface area contributed by atoms with Crippen LogP contribution in [0.5, 0.6) is 0 Å². The molecule has 0 aliphatic carbocycles. The molecule has 122 valence electrons. The Morgan fingerprint density at radius 1 is 1.43 bits per heavy atom. The van der Waals surface area contributed by atoms with Gasteiger partial charge in [0.1, 0.15) is 0 Å². The molecule has 0 radical (unpaired) electrons. The van der Waals surface area contributed by atoms with Crippen molar-refractivity contribution in [3.8, 4) is 0 Å². The van der Waals surface area contributed by atoms with E-state index in [9.17, 15) is 18.0 Å². The molecular formula is C12H24N4O4S. The van der Waals surface area contributed by atoms with Crippen molar-refractivity contribution in [3.63, 3.8) is 0 Å². The molecule has 3 amide bonds. The normalized spacial score (nSPS) is 19.6. The van der Waals surface area contributed by atoms with Crippen molar-refractivity contribution >= 4 is 22.0 Å². The van der Waals surface area contributed by atoms with Gasteiger partial charge in [0.05, 0.1) is 12.2 Å². The number of rotatable bonds is 6. The van der Waals surface area contributed by atoms with E-state index in [1.54, 1.807) is 0 Å². The van der Waals surface area contributed by atoms with Crippen LogP contribution < -0.4 is 11.1 Å². The van der Waals surface area contributed by atoms with Crippen molar-refractivity contribution in [2.75, 3.05) is 39.5 Å². The lowest BCUT2D eigenvalue weighted by molar-refractivity contribution is -0.126. The number of likely N-dealkylation sites (tertiary alicyclic amines) is 1. The summed E-state index contributed by atoms with van der Waals surface area (Å²) in [6.07, 6.45) is 3.18. The number of nitrogens with one attached hydrogen (secondary N) is 1. The lowest BCUT2D eigenvalue weighted by atomic mass is 9.97. The predicted molar refractivity (Wildman–Crippen MR) is 79.0 cm³/mol. The number of sulfonamides is 1. The molecule has 1 aliphatic heterocycles. The Morgan fingerprint density at radius 2 is 2.10 bits per heavy atom. The van der Waals surface area contributed by atoms with Crippen molar-refractivity contribution < 1.29 is 18.0 Å². The lowest BCUT2D eigenvalue weighted by Crippen LogP contribution is -2.47. The summed E-state index contributed by atoms with van der Waals surface area (Å²) < 4.78 is 23.6. The van der Waals surface area contributed by atoms with Crippen LogP contribution in [0.1, 0.15) is 19.3 Å². The molecule has 1 heterocycles. The Balaban J connectivity index is 2.29. The molecule has 1 unspecified atom stereocenters. The van der Waals surface area contributed by atoms with Crippen LogP contribution in [-0.4, -0.2) is 69.0 Å². The molecule has 0 aromatic rings. The fourth-order valence-corrected chi connectivity index (χ4v) is 2.68. The van der Waals surface area contributed by atoms with Gasteiger partial charge in [-0.3, -0.25) is 4.79 Å². The smallest absolute Gasteiger partial charge is 0.314 e. The van der Waals surface area contributed by atoms with Gasteiger partial charge in [-0.2, -0.15) is 0 Å². The molecule has 1 aliphatic rings. The molecule has 8 nitrogen and oxygen atoms in total. The third kappa shape index (κ3) is 5.88. The number of hydrogen-bond donors (Lipinski definition) is 2. The Morgan fingerprint density at radius 3 is 2.67 bits per heavy atom. The van der Waals surface area contributed by atoms with E-state index in [0.29, 0.717) is 32.6 Å². The number of carbonyl (C=O) groups excluding carboxylic acids is 2. The minimum atomic E-state index is -3.18. The summed E-state index contributed by atoms with van der Waals surface area (Å²) in [7, 11) is -1.68. The van der Waals surface area contributed by atoms with Crippen LogP contribution >= 0.6 is 0 Å². The number of amides is 3. The highest BCUT2D eigenvalue weighted by molar-refractivity contribution is 7.88. The van der Waals surface area contributed by atoms with Crippen molar-refractivity contribution in [1.82, 2.24) is 14.5 Å². The maximum absolute atomic E-state index is 12.0. The molecule has 1 saturated heterocycles. The van der Waals surface area contributed by atoms with E-state index in [4.69, 9.17) is 5.73 Å². The molecule has 0 aromatic carbocycles. The van der Waals surface area contributed by atoms with Gasteiger partial charge in [0.2, 0.25) is 15.9 Å². The van der Waals surface area contributed by atoms with Gasteiger partial charge in [0.15, 0.2) is 0 Å². The van der Waals surface area contributed by atoms with Crippen LogP contribution in [0.25, 0.3) is 0 Å². The molecule has 0 bridgehead atoms. The SMILES string of the molecule is CN(CCCNC(=O)C1CCCN(C(N)=O)C1)S(C)(=O)=O. The molecule has 9 heteroatoms. The molecule has 1 rings (SSSR count). The number of carbonyl (C=O) groups is 2. The Hall–Kier alpha value is -1.35. The molecular weight excluding hydrogens is 296 g/mol. The maximum atomic E-state index is 12.0. The highest BCUT2D eigenvalue weighted by atomic mass is 32.2. The zero-order valence-electron chi connectivity index (χ0n) is 12.5. The van der Waals surface area contributed by atoms with Crippen LogP contribution in [0.2, 0.25) is 0 Å².